The number of fused-ring (bicyclic) bond motifs is 1. The fraction of sp³-hybridized carbons (Fsp3) is 0.565. The molecule has 0 spiro atoms. The molecule has 0 bridgehead atoms. The van der Waals surface area contributed by atoms with Gasteiger partial charge >= 0.3 is 5.69 Å². The zero-order valence-electron chi connectivity index (χ0n) is 19.4. The van der Waals surface area contributed by atoms with Gasteiger partial charge in [-0.3, -0.25) is 19.2 Å². The quantitative estimate of drug-likeness (QED) is 0.452. The Bertz CT molecular complexity index is 1130. The van der Waals surface area contributed by atoms with Crippen LogP contribution in [0.4, 0.5) is 11.5 Å². The molecule has 10 heteroatoms. The number of nitrogens with one attached hydrogen (secondary N) is 2. The standard InChI is InChI=1S/C23H33N5O5/c1-4-26-21(31)19-20(27(10-11-29)23(26)32)25-22(24-16-6-5-7-17(16)30)28(19)13-15-8-9-18(33-3)14(2)12-15/h8-9,12,16-17,22,24-25,29-30H,4-7,10-11,13H2,1-3H3/t16-,17-,22?/m1/s1. The number of methoxy groups -OCH3 is 1. The van der Waals surface area contributed by atoms with Crippen molar-refractivity contribution in [3.8, 4) is 5.75 Å². The van der Waals surface area contributed by atoms with Crippen molar-refractivity contribution >= 4 is 11.5 Å². The van der Waals surface area contributed by atoms with Crippen LogP contribution in [0.5, 0.6) is 5.75 Å². The molecule has 4 rings (SSSR count). The lowest BCUT2D eigenvalue weighted by Gasteiger charge is -2.30. The molecule has 1 unspecified atom stereocenters. The van der Waals surface area contributed by atoms with Crippen molar-refractivity contribution in [2.75, 3.05) is 23.9 Å². The molecule has 1 aliphatic carbocycles. The Morgan fingerprint density at radius 1 is 1.24 bits per heavy atom. The fourth-order valence-electron chi connectivity index (χ4n) is 4.89. The molecule has 2 aromatic rings. The molecule has 1 aromatic carbocycles. The Morgan fingerprint density at radius 2 is 2.03 bits per heavy atom. The van der Waals surface area contributed by atoms with Crippen LogP contribution in [-0.4, -0.2) is 51.5 Å². The Morgan fingerprint density at radius 3 is 2.64 bits per heavy atom. The summed E-state index contributed by atoms with van der Waals surface area (Å²) in [4.78, 5) is 28.2. The van der Waals surface area contributed by atoms with Gasteiger partial charge in [-0.25, -0.2) is 4.79 Å². The first-order valence-corrected chi connectivity index (χ1v) is 11.5. The maximum absolute atomic E-state index is 13.4. The minimum absolute atomic E-state index is 0.0721. The average Bonchev–Trinajstić information content (AvgIpc) is 3.35. The first-order chi connectivity index (χ1) is 15.9. The van der Waals surface area contributed by atoms with Crippen LogP contribution in [0.3, 0.4) is 0 Å². The van der Waals surface area contributed by atoms with Gasteiger partial charge in [-0.05, 0) is 50.3 Å². The van der Waals surface area contributed by atoms with Gasteiger partial charge < -0.3 is 25.2 Å². The first-order valence-electron chi connectivity index (χ1n) is 11.5. The summed E-state index contributed by atoms with van der Waals surface area (Å²) in [5.41, 5.74) is 1.51. The molecule has 4 N–H and O–H groups in total. The van der Waals surface area contributed by atoms with Crippen molar-refractivity contribution in [3.05, 3.63) is 50.2 Å². The van der Waals surface area contributed by atoms with E-state index in [1.54, 1.807) is 14.0 Å². The van der Waals surface area contributed by atoms with Crippen LogP contribution in [0.25, 0.3) is 0 Å². The number of aliphatic hydroxyl groups excluding tert-OH is 2. The third-order valence-electron chi connectivity index (χ3n) is 6.58. The van der Waals surface area contributed by atoms with Gasteiger partial charge in [-0.15, -0.1) is 0 Å². The van der Waals surface area contributed by atoms with Crippen LogP contribution in [-0.2, 0) is 19.6 Å². The Balaban J connectivity index is 1.79. The highest BCUT2D eigenvalue weighted by Crippen LogP contribution is 2.33. The van der Waals surface area contributed by atoms with E-state index in [1.807, 2.05) is 30.0 Å². The van der Waals surface area contributed by atoms with E-state index in [2.05, 4.69) is 10.6 Å². The van der Waals surface area contributed by atoms with Crippen LogP contribution in [0, 0.1) is 6.92 Å². The lowest BCUT2D eigenvalue weighted by atomic mass is 10.1. The SMILES string of the molecule is CCn1c(=O)c2c(n(CCO)c1=O)NC(N[C@@H]1CCC[C@H]1O)N2Cc1ccc(OC)c(C)c1. The number of benzene rings is 1. The summed E-state index contributed by atoms with van der Waals surface area (Å²) in [7, 11) is 1.63. The van der Waals surface area contributed by atoms with Crippen molar-refractivity contribution in [2.45, 2.75) is 71.2 Å². The van der Waals surface area contributed by atoms with Gasteiger partial charge in [0.15, 0.2) is 6.29 Å². The number of nitrogens with zero attached hydrogens (tertiary/aromatic N) is 3. The highest BCUT2D eigenvalue weighted by atomic mass is 16.5. The maximum atomic E-state index is 13.4. The molecule has 1 fully saturated rings. The summed E-state index contributed by atoms with van der Waals surface area (Å²) in [6.45, 7) is 4.19. The van der Waals surface area contributed by atoms with Gasteiger partial charge in [-0.2, -0.15) is 0 Å². The van der Waals surface area contributed by atoms with Gasteiger partial charge in [-0.1, -0.05) is 12.1 Å². The minimum Gasteiger partial charge on any atom is -0.496 e. The molecule has 3 atom stereocenters. The van der Waals surface area contributed by atoms with E-state index in [0.29, 0.717) is 18.1 Å². The van der Waals surface area contributed by atoms with Crippen molar-refractivity contribution < 1.29 is 14.9 Å². The van der Waals surface area contributed by atoms with Gasteiger partial charge in [0.2, 0.25) is 0 Å². The van der Waals surface area contributed by atoms with Gasteiger partial charge in [0.1, 0.15) is 17.3 Å². The largest absolute Gasteiger partial charge is 0.496 e. The molecule has 0 amide bonds. The summed E-state index contributed by atoms with van der Waals surface area (Å²) < 4.78 is 7.98. The molecular formula is C23H33N5O5. The highest BCUT2D eigenvalue weighted by molar-refractivity contribution is 5.72. The number of rotatable bonds is 8. The minimum atomic E-state index is -0.495. The Hall–Kier alpha value is -2.82. The van der Waals surface area contributed by atoms with E-state index >= 15 is 0 Å². The summed E-state index contributed by atoms with van der Waals surface area (Å²) in [5, 5.41) is 26.7. The number of anilines is 2. The fourth-order valence-corrected chi connectivity index (χ4v) is 4.89. The Labute approximate surface area is 192 Å². The molecule has 1 aliphatic heterocycles. The zero-order valence-corrected chi connectivity index (χ0v) is 19.4. The van der Waals surface area contributed by atoms with Crippen LogP contribution < -0.4 is 31.5 Å². The van der Waals surface area contributed by atoms with Gasteiger partial charge in [0.05, 0.1) is 26.4 Å². The lowest BCUT2D eigenvalue weighted by molar-refractivity contribution is 0.144. The van der Waals surface area contributed by atoms with Gasteiger partial charge in [0, 0.05) is 19.1 Å². The molecule has 1 saturated carbocycles. The lowest BCUT2D eigenvalue weighted by Crippen LogP contribution is -2.53. The average molecular weight is 460 g/mol. The Kier molecular flexibility index (Phi) is 6.78. The van der Waals surface area contributed by atoms with E-state index in [0.717, 1.165) is 36.1 Å². The number of aliphatic hydroxyl groups is 2. The molecule has 180 valence electrons. The summed E-state index contributed by atoms with van der Waals surface area (Å²) in [5.74, 6) is 1.17. The van der Waals surface area contributed by atoms with Crippen molar-refractivity contribution in [2.24, 2.45) is 0 Å². The first kappa shape index (κ1) is 23.3. The maximum Gasteiger partial charge on any atom is 0.332 e. The second-order valence-electron chi connectivity index (χ2n) is 8.65. The second-order valence-corrected chi connectivity index (χ2v) is 8.65. The molecule has 10 nitrogen and oxygen atoms in total. The predicted molar refractivity (Wildman–Crippen MR) is 126 cm³/mol. The number of ether oxygens (including phenoxy) is 1. The van der Waals surface area contributed by atoms with Crippen molar-refractivity contribution in [1.82, 2.24) is 14.5 Å². The van der Waals surface area contributed by atoms with Crippen LogP contribution >= 0.6 is 0 Å². The van der Waals surface area contributed by atoms with Crippen LogP contribution in [0.15, 0.2) is 27.8 Å². The second kappa shape index (κ2) is 9.58. The summed E-state index contributed by atoms with van der Waals surface area (Å²) in [6.07, 6.45) is 1.52. The van der Waals surface area contributed by atoms with E-state index in [1.165, 1.54) is 9.13 Å². The number of aromatic nitrogens is 2. The smallest absolute Gasteiger partial charge is 0.332 e. The number of hydrogen-bond donors (Lipinski definition) is 4. The normalized spacial score (nSPS) is 21.8. The molecule has 33 heavy (non-hydrogen) atoms. The predicted octanol–water partition coefficient (Wildman–Crippen LogP) is 0.558. The van der Waals surface area contributed by atoms with Crippen molar-refractivity contribution in [1.29, 1.82) is 0 Å². The number of hydrogen-bond acceptors (Lipinski definition) is 8. The van der Waals surface area contributed by atoms with E-state index in [9.17, 15) is 19.8 Å². The summed E-state index contributed by atoms with van der Waals surface area (Å²) in [6, 6.07) is 5.74. The van der Waals surface area contributed by atoms with E-state index in [4.69, 9.17) is 4.74 Å². The molecular weight excluding hydrogens is 426 g/mol. The number of aryl methyl sites for hydroxylation is 1. The molecule has 0 radical (unpaired) electrons. The topological polar surface area (TPSA) is 121 Å². The molecule has 0 saturated heterocycles. The summed E-state index contributed by atoms with van der Waals surface area (Å²) >= 11 is 0. The molecule has 2 aliphatic rings. The third-order valence-corrected chi connectivity index (χ3v) is 6.58. The molecule has 2 heterocycles. The zero-order chi connectivity index (χ0) is 23.7. The van der Waals surface area contributed by atoms with E-state index in [-0.39, 0.29) is 31.3 Å². The van der Waals surface area contributed by atoms with Crippen LogP contribution in [0.2, 0.25) is 0 Å². The molecule has 1 aromatic heterocycles. The van der Waals surface area contributed by atoms with Crippen molar-refractivity contribution in [3.63, 3.8) is 0 Å². The third kappa shape index (κ3) is 4.25. The van der Waals surface area contributed by atoms with E-state index < -0.39 is 18.1 Å². The highest BCUT2D eigenvalue weighted by Gasteiger charge is 2.38. The van der Waals surface area contributed by atoms with Gasteiger partial charge in [0.25, 0.3) is 5.56 Å². The van der Waals surface area contributed by atoms with Crippen LogP contribution in [0.1, 0.15) is 37.3 Å². The monoisotopic (exact) mass is 459 g/mol.